The first-order valence-electron chi connectivity index (χ1n) is 6.77. The van der Waals surface area contributed by atoms with E-state index in [2.05, 4.69) is 5.10 Å². The van der Waals surface area contributed by atoms with Gasteiger partial charge in [-0.15, -0.1) is 0 Å². The predicted octanol–water partition coefficient (Wildman–Crippen LogP) is 3.03. The van der Waals surface area contributed by atoms with Gasteiger partial charge in [0.05, 0.1) is 11.2 Å². The summed E-state index contributed by atoms with van der Waals surface area (Å²) < 4.78 is 7.74. The van der Waals surface area contributed by atoms with Gasteiger partial charge in [0.2, 0.25) is 0 Å². The number of hydrogen-bond acceptors (Lipinski definition) is 3. The van der Waals surface area contributed by atoms with Gasteiger partial charge in [0.1, 0.15) is 12.4 Å². The Labute approximate surface area is 124 Å². The van der Waals surface area contributed by atoms with Crippen molar-refractivity contribution in [1.82, 2.24) is 9.78 Å². The van der Waals surface area contributed by atoms with Crippen molar-refractivity contribution in [2.75, 3.05) is 0 Å². The second-order valence-corrected chi connectivity index (χ2v) is 5.31. The van der Waals surface area contributed by atoms with Gasteiger partial charge >= 0.3 is 0 Å². The van der Waals surface area contributed by atoms with Crippen molar-refractivity contribution in [1.29, 1.82) is 0 Å². The Hall–Kier alpha value is -1.52. The molecule has 108 valence electrons. The number of halogens is 1. The molecule has 0 aliphatic heterocycles. The molecule has 0 amide bonds. The normalized spacial score (nSPS) is 12.4. The molecule has 1 atom stereocenters. The number of aryl methyl sites for hydroxylation is 1. The molecule has 1 unspecified atom stereocenters. The number of rotatable bonds is 6. The van der Waals surface area contributed by atoms with E-state index >= 15 is 0 Å². The van der Waals surface area contributed by atoms with Crippen LogP contribution in [0.1, 0.15) is 25.0 Å². The molecular weight excluding hydrogens is 274 g/mol. The molecule has 2 N–H and O–H groups in total. The van der Waals surface area contributed by atoms with Crippen LogP contribution >= 0.6 is 11.6 Å². The third-order valence-electron chi connectivity index (χ3n) is 2.98. The van der Waals surface area contributed by atoms with Gasteiger partial charge in [-0.3, -0.25) is 4.68 Å². The summed E-state index contributed by atoms with van der Waals surface area (Å²) in [5.41, 5.74) is 7.92. The average molecular weight is 294 g/mol. The summed E-state index contributed by atoms with van der Waals surface area (Å²) >= 11 is 6.22. The van der Waals surface area contributed by atoms with Crippen LogP contribution in [-0.4, -0.2) is 15.8 Å². The standard InChI is InChI=1S/C15H20ClN3O/c1-3-19-9-12(8-18-19)10-20-15-13(7-11(2)17)5-4-6-14(15)16/h4-6,8-9,11H,3,7,10,17H2,1-2H3. The lowest BCUT2D eigenvalue weighted by atomic mass is 10.1. The smallest absolute Gasteiger partial charge is 0.141 e. The number of hydrogen-bond donors (Lipinski definition) is 1. The van der Waals surface area contributed by atoms with E-state index in [-0.39, 0.29) is 6.04 Å². The second-order valence-electron chi connectivity index (χ2n) is 4.90. The van der Waals surface area contributed by atoms with Crippen molar-refractivity contribution in [3.05, 3.63) is 46.7 Å². The Balaban J connectivity index is 2.11. The highest BCUT2D eigenvalue weighted by Gasteiger charge is 2.11. The lowest BCUT2D eigenvalue weighted by molar-refractivity contribution is 0.302. The lowest BCUT2D eigenvalue weighted by Gasteiger charge is -2.14. The SMILES string of the molecule is CCn1cc(COc2c(Cl)cccc2CC(C)N)cn1. The largest absolute Gasteiger partial charge is 0.487 e. The minimum absolute atomic E-state index is 0.0682. The van der Waals surface area contributed by atoms with Crippen molar-refractivity contribution in [2.24, 2.45) is 5.73 Å². The predicted molar refractivity (Wildman–Crippen MR) is 81.0 cm³/mol. The Bertz CT molecular complexity index is 566. The second kappa shape index (κ2) is 6.77. The van der Waals surface area contributed by atoms with E-state index < -0.39 is 0 Å². The topological polar surface area (TPSA) is 53.1 Å². The number of ether oxygens (including phenoxy) is 1. The van der Waals surface area contributed by atoms with Crippen LogP contribution in [0.2, 0.25) is 5.02 Å². The zero-order valence-corrected chi connectivity index (χ0v) is 12.6. The molecule has 1 aromatic heterocycles. The minimum atomic E-state index is 0.0682. The van der Waals surface area contributed by atoms with Crippen LogP contribution in [0.15, 0.2) is 30.6 Å². The summed E-state index contributed by atoms with van der Waals surface area (Å²) in [6, 6.07) is 5.82. The molecule has 5 heteroatoms. The molecule has 0 fully saturated rings. The highest BCUT2D eigenvalue weighted by Crippen LogP contribution is 2.30. The molecule has 2 rings (SSSR count). The first-order chi connectivity index (χ1) is 9.60. The van der Waals surface area contributed by atoms with Crippen molar-refractivity contribution in [2.45, 2.75) is 39.5 Å². The summed E-state index contributed by atoms with van der Waals surface area (Å²) in [6.07, 6.45) is 4.53. The molecule has 0 spiro atoms. The van der Waals surface area contributed by atoms with E-state index in [0.717, 1.165) is 29.8 Å². The highest BCUT2D eigenvalue weighted by molar-refractivity contribution is 6.32. The molecule has 0 saturated heterocycles. The minimum Gasteiger partial charge on any atom is -0.487 e. The van der Waals surface area contributed by atoms with Gasteiger partial charge in [-0.05, 0) is 31.9 Å². The maximum Gasteiger partial charge on any atom is 0.141 e. The van der Waals surface area contributed by atoms with E-state index in [9.17, 15) is 0 Å². The molecule has 0 saturated carbocycles. The van der Waals surface area contributed by atoms with Gasteiger partial charge in [0.25, 0.3) is 0 Å². The Morgan fingerprint density at radius 2 is 2.25 bits per heavy atom. The fourth-order valence-corrected chi connectivity index (χ4v) is 2.28. The molecular formula is C15H20ClN3O. The van der Waals surface area contributed by atoms with Crippen LogP contribution in [0.25, 0.3) is 0 Å². The maximum atomic E-state index is 6.22. The zero-order chi connectivity index (χ0) is 14.5. The van der Waals surface area contributed by atoms with Gasteiger partial charge in [-0.1, -0.05) is 23.7 Å². The van der Waals surface area contributed by atoms with Crippen molar-refractivity contribution in [3.8, 4) is 5.75 Å². The molecule has 0 bridgehead atoms. The number of nitrogens with zero attached hydrogens (tertiary/aromatic N) is 2. The third-order valence-corrected chi connectivity index (χ3v) is 3.28. The van der Waals surface area contributed by atoms with Crippen molar-refractivity contribution >= 4 is 11.6 Å². The molecule has 2 aromatic rings. The lowest BCUT2D eigenvalue weighted by Crippen LogP contribution is -2.18. The molecule has 20 heavy (non-hydrogen) atoms. The monoisotopic (exact) mass is 293 g/mol. The van der Waals surface area contributed by atoms with Crippen molar-refractivity contribution < 1.29 is 4.74 Å². The van der Waals surface area contributed by atoms with E-state index in [4.69, 9.17) is 22.1 Å². The first kappa shape index (κ1) is 14.9. The Morgan fingerprint density at radius 1 is 1.45 bits per heavy atom. The molecule has 4 nitrogen and oxygen atoms in total. The van der Waals surface area contributed by atoms with Crippen LogP contribution in [0.5, 0.6) is 5.75 Å². The molecule has 0 aliphatic carbocycles. The summed E-state index contributed by atoms with van der Waals surface area (Å²) in [7, 11) is 0. The number of para-hydroxylation sites is 1. The highest BCUT2D eigenvalue weighted by atomic mass is 35.5. The van der Waals surface area contributed by atoms with Gasteiger partial charge in [-0.2, -0.15) is 5.10 Å². The third kappa shape index (κ3) is 3.74. The van der Waals surface area contributed by atoms with E-state index in [1.54, 1.807) is 0 Å². The van der Waals surface area contributed by atoms with Crippen LogP contribution in [-0.2, 0) is 19.6 Å². The van der Waals surface area contributed by atoms with Gasteiger partial charge in [-0.25, -0.2) is 0 Å². The van der Waals surface area contributed by atoms with Crippen LogP contribution in [0.3, 0.4) is 0 Å². The van der Waals surface area contributed by atoms with E-state index in [1.807, 2.05) is 49.1 Å². The quantitative estimate of drug-likeness (QED) is 0.891. The maximum absolute atomic E-state index is 6.22. The van der Waals surface area contributed by atoms with Gasteiger partial charge in [0.15, 0.2) is 0 Å². The van der Waals surface area contributed by atoms with Gasteiger partial charge < -0.3 is 10.5 Å². The fraction of sp³-hybridized carbons (Fsp3) is 0.400. The van der Waals surface area contributed by atoms with Crippen molar-refractivity contribution in [3.63, 3.8) is 0 Å². The van der Waals surface area contributed by atoms with E-state index in [1.165, 1.54) is 0 Å². The fourth-order valence-electron chi connectivity index (χ4n) is 2.03. The van der Waals surface area contributed by atoms with Crippen LogP contribution < -0.4 is 10.5 Å². The summed E-state index contributed by atoms with van der Waals surface area (Å²) in [5, 5.41) is 4.84. The summed E-state index contributed by atoms with van der Waals surface area (Å²) in [5.74, 6) is 0.718. The van der Waals surface area contributed by atoms with Crippen LogP contribution in [0.4, 0.5) is 0 Å². The molecule has 1 heterocycles. The number of nitrogens with two attached hydrogens (primary N) is 1. The molecule has 0 radical (unpaired) electrons. The van der Waals surface area contributed by atoms with Crippen LogP contribution in [0, 0.1) is 0 Å². The summed E-state index contributed by atoms with van der Waals surface area (Å²) in [4.78, 5) is 0. The molecule has 1 aromatic carbocycles. The first-order valence-corrected chi connectivity index (χ1v) is 7.15. The number of benzene rings is 1. The Morgan fingerprint density at radius 3 is 2.90 bits per heavy atom. The van der Waals surface area contributed by atoms with E-state index in [0.29, 0.717) is 11.6 Å². The Kier molecular flexibility index (Phi) is 5.04. The number of aromatic nitrogens is 2. The molecule has 0 aliphatic rings. The zero-order valence-electron chi connectivity index (χ0n) is 11.8. The van der Waals surface area contributed by atoms with Gasteiger partial charge in [0, 0.05) is 24.3 Å². The summed E-state index contributed by atoms with van der Waals surface area (Å²) in [6.45, 7) is 5.32. The average Bonchev–Trinajstić information content (AvgIpc) is 2.85.